The largest absolute Gasteiger partial charge is 0.399 e. The van der Waals surface area contributed by atoms with Crippen molar-refractivity contribution in [1.29, 1.82) is 0 Å². The first-order valence-corrected chi connectivity index (χ1v) is 6.13. The number of rotatable bonds is 1. The number of pyridine rings is 1. The van der Waals surface area contributed by atoms with E-state index in [1.54, 1.807) is 23.7 Å². The van der Waals surface area contributed by atoms with Crippen LogP contribution in [0.4, 0.5) is 5.69 Å². The number of benzene rings is 1. The number of hydrogen-bond donors (Lipinski definition) is 1. The Morgan fingerprint density at radius 3 is 2.88 bits per heavy atom. The second kappa shape index (κ2) is 3.82. The number of nitrogens with two attached hydrogens (primary N) is 1. The second-order valence-corrected chi connectivity index (χ2v) is 4.97. The minimum atomic E-state index is 0.786. The Morgan fingerprint density at radius 1 is 1.24 bits per heavy atom. The quantitative estimate of drug-likeness (QED) is 0.665. The Hall–Kier alpha value is -1.94. The van der Waals surface area contributed by atoms with Gasteiger partial charge in [-0.3, -0.25) is 4.98 Å². The predicted octanol–water partition coefficient (Wildman–Crippen LogP) is 3.25. The molecule has 4 heteroatoms. The van der Waals surface area contributed by atoms with Crippen LogP contribution in [0.25, 0.3) is 20.8 Å². The zero-order chi connectivity index (χ0) is 11.8. The van der Waals surface area contributed by atoms with Crippen LogP contribution in [-0.4, -0.2) is 9.97 Å². The van der Waals surface area contributed by atoms with Gasteiger partial charge in [0.05, 0.1) is 10.9 Å². The van der Waals surface area contributed by atoms with Gasteiger partial charge in [0.2, 0.25) is 0 Å². The lowest BCUT2D eigenvalue weighted by Crippen LogP contribution is -1.87. The normalized spacial score (nSPS) is 10.9. The number of anilines is 1. The minimum absolute atomic E-state index is 0.786. The first-order chi connectivity index (χ1) is 8.24. The molecule has 2 N–H and O–H groups in total. The third kappa shape index (κ3) is 1.76. The summed E-state index contributed by atoms with van der Waals surface area (Å²) in [5.74, 6) is 0. The van der Waals surface area contributed by atoms with Gasteiger partial charge in [-0.2, -0.15) is 0 Å². The van der Waals surface area contributed by atoms with Gasteiger partial charge in [0.15, 0.2) is 0 Å². The summed E-state index contributed by atoms with van der Waals surface area (Å²) in [6.45, 7) is 2.05. The molecular weight excluding hydrogens is 230 g/mol. The fourth-order valence-corrected chi connectivity index (χ4v) is 2.85. The topological polar surface area (TPSA) is 51.8 Å². The molecule has 1 aromatic carbocycles. The lowest BCUT2D eigenvalue weighted by molar-refractivity contribution is 1.33. The molecule has 0 saturated heterocycles. The molecule has 3 rings (SSSR count). The third-order valence-corrected chi connectivity index (χ3v) is 3.74. The first kappa shape index (κ1) is 10.2. The van der Waals surface area contributed by atoms with Crippen LogP contribution in [0.3, 0.4) is 0 Å². The lowest BCUT2D eigenvalue weighted by Gasteiger charge is -2.02. The lowest BCUT2D eigenvalue weighted by atomic mass is 10.1. The maximum absolute atomic E-state index is 5.75. The van der Waals surface area contributed by atoms with Gasteiger partial charge >= 0.3 is 0 Å². The molecule has 3 aromatic rings. The molecule has 0 radical (unpaired) electrons. The average Bonchev–Trinajstić information content (AvgIpc) is 2.72. The Balaban J connectivity index is 2.20. The highest BCUT2D eigenvalue weighted by Gasteiger charge is 2.08. The third-order valence-electron chi connectivity index (χ3n) is 2.67. The van der Waals surface area contributed by atoms with Gasteiger partial charge in [0, 0.05) is 17.4 Å². The smallest absolute Gasteiger partial charge is 0.124 e. The van der Waals surface area contributed by atoms with E-state index in [-0.39, 0.29) is 0 Å². The van der Waals surface area contributed by atoms with Crippen LogP contribution in [0.5, 0.6) is 0 Å². The highest BCUT2D eigenvalue weighted by Crippen LogP contribution is 2.32. The predicted molar refractivity (Wildman–Crippen MR) is 72.0 cm³/mol. The zero-order valence-corrected chi connectivity index (χ0v) is 10.2. The summed E-state index contributed by atoms with van der Waals surface area (Å²) in [4.78, 5) is 8.67. The van der Waals surface area contributed by atoms with Crippen molar-refractivity contribution in [2.45, 2.75) is 6.92 Å². The monoisotopic (exact) mass is 241 g/mol. The van der Waals surface area contributed by atoms with E-state index < -0.39 is 0 Å². The fraction of sp³-hybridized carbons (Fsp3) is 0.0769. The number of nitrogen functional groups attached to an aromatic ring is 1. The summed E-state index contributed by atoms with van der Waals surface area (Å²) >= 11 is 1.68. The van der Waals surface area contributed by atoms with Crippen molar-refractivity contribution in [2.75, 3.05) is 5.73 Å². The number of aryl methyl sites for hydroxylation is 1. The molecule has 0 bridgehead atoms. The summed E-state index contributed by atoms with van der Waals surface area (Å²) in [5.41, 5.74) is 9.78. The molecule has 0 spiro atoms. The molecule has 0 fully saturated rings. The Kier molecular flexibility index (Phi) is 2.30. The Bertz CT molecular complexity index is 655. The molecular formula is C13H11N3S. The summed E-state index contributed by atoms with van der Waals surface area (Å²) in [5, 5.41) is 1.02. The first-order valence-electron chi connectivity index (χ1n) is 5.31. The molecule has 3 nitrogen and oxygen atoms in total. The van der Waals surface area contributed by atoms with E-state index in [1.165, 1.54) is 0 Å². The van der Waals surface area contributed by atoms with Crippen molar-refractivity contribution in [3.05, 3.63) is 42.2 Å². The van der Waals surface area contributed by atoms with Gasteiger partial charge in [0.1, 0.15) is 10.5 Å². The molecule has 0 aliphatic heterocycles. The van der Waals surface area contributed by atoms with E-state index in [4.69, 9.17) is 5.73 Å². The van der Waals surface area contributed by atoms with Crippen LogP contribution in [0, 0.1) is 6.92 Å². The maximum Gasteiger partial charge on any atom is 0.124 e. The number of hydrogen-bond acceptors (Lipinski definition) is 4. The summed E-state index contributed by atoms with van der Waals surface area (Å²) in [6.07, 6.45) is 3.59. The van der Waals surface area contributed by atoms with Crippen molar-refractivity contribution < 1.29 is 0 Å². The van der Waals surface area contributed by atoms with E-state index in [0.29, 0.717) is 0 Å². The average molecular weight is 241 g/mol. The number of fused-ring (bicyclic) bond motifs is 1. The van der Waals surface area contributed by atoms with Gasteiger partial charge in [-0.15, -0.1) is 11.3 Å². The van der Waals surface area contributed by atoms with Gasteiger partial charge in [-0.25, -0.2) is 4.98 Å². The minimum Gasteiger partial charge on any atom is -0.399 e. The molecule has 0 amide bonds. The molecule has 2 heterocycles. The zero-order valence-electron chi connectivity index (χ0n) is 9.34. The number of aromatic nitrogens is 2. The highest BCUT2D eigenvalue weighted by molar-refractivity contribution is 7.21. The van der Waals surface area contributed by atoms with Crippen LogP contribution < -0.4 is 5.73 Å². The second-order valence-electron chi connectivity index (χ2n) is 3.94. The van der Waals surface area contributed by atoms with Crippen LogP contribution in [-0.2, 0) is 0 Å². The summed E-state index contributed by atoms with van der Waals surface area (Å²) < 4.78 is 1.16. The van der Waals surface area contributed by atoms with Crippen molar-refractivity contribution in [3.63, 3.8) is 0 Å². The fourth-order valence-electron chi connectivity index (χ4n) is 1.82. The molecule has 0 atom stereocenters. The van der Waals surface area contributed by atoms with Gasteiger partial charge in [-0.05, 0) is 36.8 Å². The molecule has 2 aromatic heterocycles. The van der Waals surface area contributed by atoms with E-state index in [2.05, 4.69) is 16.9 Å². The van der Waals surface area contributed by atoms with Gasteiger partial charge in [0.25, 0.3) is 0 Å². The van der Waals surface area contributed by atoms with E-state index in [9.17, 15) is 0 Å². The maximum atomic E-state index is 5.75. The van der Waals surface area contributed by atoms with E-state index in [0.717, 1.165) is 32.0 Å². The Labute approximate surface area is 103 Å². The SMILES string of the molecule is Cc1cc(N)ccc1-c1nc2cnccc2s1. The van der Waals surface area contributed by atoms with Gasteiger partial charge in [-0.1, -0.05) is 0 Å². The van der Waals surface area contributed by atoms with Crippen LogP contribution >= 0.6 is 11.3 Å². The van der Waals surface area contributed by atoms with Crippen LogP contribution in [0.15, 0.2) is 36.7 Å². The van der Waals surface area contributed by atoms with E-state index >= 15 is 0 Å². The Morgan fingerprint density at radius 2 is 2.12 bits per heavy atom. The number of thiazole rings is 1. The summed E-state index contributed by atoms with van der Waals surface area (Å²) in [6, 6.07) is 7.89. The molecule has 0 aliphatic rings. The molecule has 0 aliphatic carbocycles. The molecule has 0 saturated carbocycles. The van der Waals surface area contributed by atoms with Crippen molar-refractivity contribution in [2.24, 2.45) is 0 Å². The van der Waals surface area contributed by atoms with Crippen molar-refractivity contribution >= 4 is 27.2 Å². The van der Waals surface area contributed by atoms with Crippen LogP contribution in [0.1, 0.15) is 5.56 Å². The van der Waals surface area contributed by atoms with E-state index in [1.807, 2.05) is 24.3 Å². The highest BCUT2D eigenvalue weighted by atomic mass is 32.1. The van der Waals surface area contributed by atoms with Crippen LogP contribution in [0.2, 0.25) is 0 Å². The molecule has 17 heavy (non-hydrogen) atoms. The standard InChI is InChI=1S/C13H11N3S/c1-8-6-9(14)2-3-10(8)13-16-11-7-15-5-4-12(11)17-13/h2-7H,14H2,1H3. The molecule has 84 valence electrons. The number of nitrogens with zero attached hydrogens (tertiary/aromatic N) is 2. The van der Waals surface area contributed by atoms with Crippen molar-refractivity contribution in [1.82, 2.24) is 9.97 Å². The van der Waals surface area contributed by atoms with Crippen molar-refractivity contribution in [3.8, 4) is 10.6 Å². The molecule has 0 unspecified atom stereocenters. The van der Waals surface area contributed by atoms with Gasteiger partial charge < -0.3 is 5.73 Å². The summed E-state index contributed by atoms with van der Waals surface area (Å²) in [7, 11) is 0.